The SMILES string of the molecule is COC1=N[C@H](C(C)C)C(OC)=N[C@H]1C[SH+]CCCl. The lowest BCUT2D eigenvalue weighted by atomic mass is 10.0. The van der Waals surface area contributed by atoms with Crippen molar-refractivity contribution in [2.24, 2.45) is 15.9 Å². The van der Waals surface area contributed by atoms with E-state index in [0.717, 1.165) is 11.5 Å². The van der Waals surface area contributed by atoms with Gasteiger partial charge in [0.1, 0.15) is 17.5 Å². The number of alkyl halides is 1. The standard InChI is InChI=1S/C12H21ClN2O2S/c1-8(2)10-12(17-4)14-9(7-18-6-5-13)11(15-10)16-3/h8-10H,5-7H2,1-4H3/p+1/t9-,10+/m0/s1. The van der Waals surface area contributed by atoms with Crippen LogP contribution in [0.1, 0.15) is 13.8 Å². The quantitative estimate of drug-likeness (QED) is 0.334. The Morgan fingerprint density at radius 3 is 2.39 bits per heavy atom. The summed E-state index contributed by atoms with van der Waals surface area (Å²) in [5.74, 6) is 4.25. The van der Waals surface area contributed by atoms with Crippen LogP contribution in [0.25, 0.3) is 0 Å². The Balaban J connectivity index is 2.78. The van der Waals surface area contributed by atoms with Crippen LogP contribution in [0.3, 0.4) is 0 Å². The van der Waals surface area contributed by atoms with Gasteiger partial charge in [0, 0.05) is 0 Å². The fourth-order valence-corrected chi connectivity index (χ4v) is 2.90. The third-order valence-corrected chi connectivity index (χ3v) is 4.28. The number of aliphatic imine (C=N–C) groups is 2. The number of ether oxygens (including phenoxy) is 2. The number of nitrogens with zero attached hydrogens (tertiary/aromatic N) is 2. The minimum Gasteiger partial charge on any atom is -0.483 e. The van der Waals surface area contributed by atoms with Crippen molar-refractivity contribution in [2.75, 3.05) is 31.6 Å². The topological polar surface area (TPSA) is 43.2 Å². The van der Waals surface area contributed by atoms with Crippen molar-refractivity contribution in [3.05, 3.63) is 0 Å². The van der Waals surface area contributed by atoms with Crippen LogP contribution in [-0.4, -0.2) is 55.5 Å². The van der Waals surface area contributed by atoms with E-state index in [9.17, 15) is 0 Å². The minimum atomic E-state index is -0.0372. The van der Waals surface area contributed by atoms with Crippen molar-refractivity contribution >= 4 is 35.2 Å². The van der Waals surface area contributed by atoms with Crippen LogP contribution in [0.4, 0.5) is 0 Å². The van der Waals surface area contributed by atoms with E-state index in [0.29, 0.717) is 23.6 Å². The second kappa shape index (κ2) is 7.89. The second-order valence-electron chi connectivity index (χ2n) is 4.37. The van der Waals surface area contributed by atoms with E-state index < -0.39 is 0 Å². The highest BCUT2D eigenvalue weighted by molar-refractivity contribution is 7.78. The fourth-order valence-electron chi connectivity index (χ4n) is 1.75. The third kappa shape index (κ3) is 4.05. The molecule has 6 heteroatoms. The molecule has 1 heterocycles. The van der Waals surface area contributed by atoms with Gasteiger partial charge in [-0.3, -0.25) is 0 Å². The molecule has 0 fully saturated rings. The molecule has 2 atom stereocenters. The maximum atomic E-state index is 5.68. The Kier molecular flexibility index (Phi) is 6.86. The number of hydrogen-bond acceptors (Lipinski definition) is 4. The molecule has 0 aromatic heterocycles. The summed E-state index contributed by atoms with van der Waals surface area (Å²) in [6.07, 6.45) is 0. The van der Waals surface area contributed by atoms with Gasteiger partial charge < -0.3 is 9.47 Å². The molecule has 1 aliphatic rings. The van der Waals surface area contributed by atoms with Crippen LogP contribution in [0, 0.1) is 5.92 Å². The zero-order valence-electron chi connectivity index (χ0n) is 11.4. The summed E-state index contributed by atoms with van der Waals surface area (Å²) in [7, 11) is 3.30. The van der Waals surface area contributed by atoms with Gasteiger partial charge in [-0.05, 0) is 17.7 Å². The van der Waals surface area contributed by atoms with Crippen molar-refractivity contribution in [1.29, 1.82) is 0 Å². The monoisotopic (exact) mass is 293 g/mol. The van der Waals surface area contributed by atoms with Gasteiger partial charge >= 0.3 is 0 Å². The molecular weight excluding hydrogens is 272 g/mol. The normalized spacial score (nSPS) is 23.7. The lowest BCUT2D eigenvalue weighted by molar-refractivity contribution is 0.336. The lowest BCUT2D eigenvalue weighted by Crippen LogP contribution is -2.39. The molecule has 18 heavy (non-hydrogen) atoms. The Hall–Kier alpha value is -0.420. The van der Waals surface area contributed by atoms with E-state index in [1.54, 1.807) is 14.2 Å². The van der Waals surface area contributed by atoms with Crippen LogP contribution >= 0.6 is 11.6 Å². The Morgan fingerprint density at radius 1 is 1.22 bits per heavy atom. The molecule has 1 rings (SSSR count). The van der Waals surface area contributed by atoms with E-state index >= 15 is 0 Å². The number of hydrogen-bond donors (Lipinski definition) is 0. The van der Waals surface area contributed by atoms with E-state index in [2.05, 4.69) is 23.8 Å². The molecule has 0 saturated carbocycles. The molecule has 1 aliphatic heterocycles. The Bertz CT molecular complexity index is 321. The molecule has 0 unspecified atom stereocenters. The van der Waals surface area contributed by atoms with Crippen molar-refractivity contribution in [2.45, 2.75) is 25.9 Å². The maximum Gasteiger partial charge on any atom is 0.214 e. The summed E-state index contributed by atoms with van der Waals surface area (Å²) in [6.45, 7) is 4.20. The summed E-state index contributed by atoms with van der Waals surface area (Å²) in [6, 6.07) is -0.0734. The zero-order chi connectivity index (χ0) is 13.5. The molecular formula is C12H22ClN2O2S+. The van der Waals surface area contributed by atoms with Crippen molar-refractivity contribution in [1.82, 2.24) is 0 Å². The van der Waals surface area contributed by atoms with E-state index in [1.807, 2.05) is 0 Å². The number of methoxy groups -OCH3 is 2. The van der Waals surface area contributed by atoms with Crippen LogP contribution in [-0.2, 0) is 21.2 Å². The molecule has 0 aromatic rings. The number of thiol groups is 1. The lowest BCUT2D eigenvalue weighted by Gasteiger charge is -2.25. The van der Waals surface area contributed by atoms with Crippen LogP contribution in [0.15, 0.2) is 9.98 Å². The van der Waals surface area contributed by atoms with Crippen LogP contribution in [0.5, 0.6) is 0 Å². The van der Waals surface area contributed by atoms with E-state index in [1.165, 1.54) is 11.8 Å². The van der Waals surface area contributed by atoms with Gasteiger partial charge in [-0.15, -0.1) is 11.6 Å². The van der Waals surface area contributed by atoms with Gasteiger partial charge in [0.2, 0.25) is 11.8 Å². The third-order valence-electron chi connectivity index (χ3n) is 2.68. The molecule has 0 radical (unpaired) electrons. The van der Waals surface area contributed by atoms with E-state index in [4.69, 9.17) is 21.1 Å². The summed E-state index contributed by atoms with van der Waals surface area (Å²) >= 11 is 6.94. The molecule has 104 valence electrons. The summed E-state index contributed by atoms with van der Waals surface area (Å²) in [5, 5.41) is 0. The Morgan fingerprint density at radius 2 is 1.89 bits per heavy atom. The van der Waals surface area contributed by atoms with Gasteiger partial charge in [-0.1, -0.05) is 13.8 Å². The van der Waals surface area contributed by atoms with Gasteiger partial charge in [-0.25, -0.2) is 9.98 Å². The highest BCUT2D eigenvalue weighted by Crippen LogP contribution is 2.17. The average molecular weight is 294 g/mol. The molecule has 0 saturated heterocycles. The molecule has 0 bridgehead atoms. The summed E-state index contributed by atoms with van der Waals surface area (Å²) in [4.78, 5) is 9.23. The van der Waals surface area contributed by atoms with Gasteiger partial charge in [-0.2, -0.15) is 0 Å². The predicted molar refractivity (Wildman–Crippen MR) is 80.5 cm³/mol. The van der Waals surface area contributed by atoms with Gasteiger partial charge in [0.05, 0.1) is 20.1 Å². The molecule has 4 nitrogen and oxygen atoms in total. The first-order valence-corrected chi connectivity index (χ1v) is 7.86. The van der Waals surface area contributed by atoms with Crippen LogP contribution < -0.4 is 0 Å². The fraction of sp³-hybridized carbons (Fsp3) is 0.833. The average Bonchev–Trinajstić information content (AvgIpc) is 2.38. The maximum absolute atomic E-state index is 5.68. The first-order valence-electron chi connectivity index (χ1n) is 6.06. The molecule has 0 amide bonds. The van der Waals surface area contributed by atoms with Crippen molar-refractivity contribution in [3.8, 4) is 0 Å². The Labute approximate surface area is 118 Å². The molecule has 0 aromatic carbocycles. The number of halogens is 1. The van der Waals surface area contributed by atoms with Crippen molar-refractivity contribution < 1.29 is 9.47 Å². The largest absolute Gasteiger partial charge is 0.483 e. The van der Waals surface area contributed by atoms with Gasteiger partial charge in [0.25, 0.3) is 0 Å². The first-order chi connectivity index (χ1) is 8.63. The zero-order valence-corrected chi connectivity index (χ0v) is 13.0. The predicted octanol–water partition coefficient (Wildman–Crippen LogP) is 1.54. The summed E-state index contributed by atoms with van der Waals surface area (Å²) < 4.78 is 10.7. The van der Waals surface area contributed by atoms with Gasteiger partial charge in [0.15, 0.2) is 6.04 Å². The first kappa shape index (κ1) is 15.6. The minimum absolute atomic E-state index is 0.0362. The highest BCUT2D eigenvalue weighted by atomic mass is 35.5. The second-order valence-corrected chi connectivity index (χ2v) is 6.00. The molecule has 0 N–H and O–H groups in total. The van der Waals surface area contributed by atoms with Crippen molar-refractivity contribution in [3.63, 3.8) is 0 Å². The smallest absolute Gasteiger partial charge is 0.214 e. The summed E-state index contributed by atoms with van der Waals surface area (Å²) in [5.41, 5.74) is 0. The number of rotatable bonds is 5. The molecule has 0 spiro atoms. The highest BCUT2D eigenvalue weighted by Gasteiger charge is 2.32. The van der Waals surface area contributed by atoms with E-state index in [-0.39, 0.29) is 12.1 Å². The molecule has 0 aliphatic carbocycles. The van der Waals surface area contributed by atoms with Crippen LogP contribution in [0.2, 0.25) is 0 Å².